The van der Waals surface area contributed by atoms with Crippen LogP contribution in [0.3, 0.4) is 0 Å². The first-order valence-corrected chi connectivity index (χ1v) is 5.83. The zero-order valence-corrected chi connectivity index (χ0v) is 10.7. The van der Waals surface area contributed by atoms with E-state index in [-0.39, 0.29) is 0 Å². The average Bonchev–Trinajstić information content (AvgIpc) is 2.77. The molecule has 2 aromatic rings. The van der Waals surface area contributed by atoms with Crippen LogP contribution in [0.15, 0.2) is 35.3 Å². The van der Waals surface area contributed by atoms with Gasteiger partial charge in [0, 0.05) is 23.4 Å². The van der Waals surface area contributed by atoms with Crippen LogP contribution >= 0.6 is 15.9 Å². The van der Waals surface area contributed by atoms with Gasteiger partial charge in [-0.25, -0.2) is 4.79 Å². The Bertz CT molecular complexity index is 539. The number of aryl methyl sites for hydroxylation is 1. The Hall–Kier alpha value is -1.69. The van der Waals surface area contributed by atoms with E-state index in [2.05, 4.69) is 26.0 Å². The monoisotopic (exact) mass is 295 g/mol. The predicted molar refractivity (Wildman–Crippen MR) is 64.8 cm³/mol. The molecular formula is C11H10BrN3O2. The van der Waals surface area contributed by atoms with Crippen molar-refractivity contribution in [3.8, 4) is 5.75 Å². The van der Waals surface area contributed by atoms with E-state index in [9.17, 15) is 4.79 Å². The van der Waals surface area contributed by atoms with Crippen LogP contribution in [0, 0.1) is 0 Å². The molecule has 2 rings (SSSR count). The van der Waals surface area contributed by atoms with Gasteiger partial charge < -0.3 is 4.74 Å². The molecule has 0 radical (unpaired) electrons. The lowest BCUT2D eigenvalue weighted by atomic mass is 10.3. The van der Waals surface area contributed by atoms with Crippen molar-refractivity contribution in [3.63, 3.8) is 0 Å². The third-order valence-electron chi connectivity index (χ3n) is 2.08. The van der Waals surface area contributed by atoms with Gasteiger partial charge >= 0.3 is 5.97 Å². The second-order valence-electron chi connectivity index (χ2n) is 3.31. The number of hydrogen-bond acceptors (Lipinski definition) is 4. The summed E-state index contributed by atoms with van der Waals surface area (Å²) in [6, 6.07) is 1.65. The molecule has 0 unspecified atom stereocenters. The third kappa shape index (κ3) is 2.91. The maximum atomic E-state index is 11.7. The second kappa shape index (κ2) is 5.09. The Labute approximate surface area is 107 Å². The highest BCUT2D eigenvalue weighted by Crippen LogP contribution is 2.14. The number of rotatable bonds is 3. The Morgan fingerprint density at radius 3 is 2.94 bits per heavy atom. The number of ether oxygens (including phenoxy) is 1. The fraction of sp³-hybridized carbons (Fsp3) is 0.182. The van der Waals surface area contributed by atoms with Crippen molar-refractivity contribution in [2.24, 2.45) is 0 Å². The topological polar surface area (TPSA) is 57.0 Å². The summed E-state index contributed by atoms with van der Waals surface area (Å²) in [5, 5.41) is 4.01. The van der Waals surface area contributed by atoms with E-state index in [0.717, 1.165) is 11.0 Å². The summed E-state index contributed by atoms with van der Waals surface area (Å²) in [5.74, 6) is -0.0220. The smallest absolute Gasteiger partial charge is 0.345 e. The molecule has 5 nitrogen and oxygen atoms in total. The van der Waals surface area contributed by atoms with E-state index in [1.807, 2.05) is 6.92 Å². The van der Waals surface area contributed by atoms with Crippen molar-refractivity contribution in [2.75, 3.05) is 0 Å². The molecule has 0 aliphatic rings. The molecule has 17 heavy (non-hydrogen) atoms. The van der Waals surface area contributed by atoms with E-state index in [0.29, 0.717) is 11.3 Å². The molecule has 0 spiro atoms. The number of aromatic nitrogens is 3. The lowest BCUT2D eigenvalue weighted by Gasteiger charge is -2.01. The van der Waals surface area contributed by atoms with E-state index < -0.39 is 5.97 Å². The average molecular weight is 296 g/mol. The lowest BCUT2D eigenvalue weighted by molar-refractivity contribution is 0.0734. The van der Waals surface area contributed by atoms with Crippen molar-refractivity contribution in [1.29, 1.82) is 0 Å². The van der Waals surface area contributed by atoms with Gasteiger partial charge in [-0.15, -0.1) is 0 Å². The van der Waals surface area contributed by atoms with Crippen LogP contribution < -0.4 is 4.74 Å². The fourth-order valence-electron chi connectivity index (χ4n) is 1.26. The minimum atomic E-state index is -0.450. The zero-order chi connectivity index (χ0) is 12.3. The van der Waals surface area contributed by atoms with E-state index in [1.54, 1.807) is 23.1 Å². The number of halogens is 1. The van der Waals surface area contributed by atoms with Crippen molar-refractivity contribution >= 4 is 21.9 Å². The van der Waals surface area contributed by atoms with Crippen molar-refractivity contribution in [1.82, 2.24) is 14.8 Å². The summed E-state index contributed by atoms with van der Waals surface area (Å²) >= 11 is 3.24. The summed E-state index contributed by atoms with van der Waals surface area (Å²) in [7, 11) is 0. The normalized spacial score (nSPS) is 10.2. The first kappa shape index (κ1) is 11.8. The van der Waals surface area contributed by atoms with Gasteiger partial charge in [0.15, 0.2) is 5.75 Å². The minimum absolute atomic E-state index is 0.392. The summed E-state index contributed by atoms with van der Waals surface area (Å²) in [6.45, 7) is 2.69. The van der Waals surface area contributed by atoms with Crippen molar-refractivity contribution in [2.45, 2.75) is 13.5 Å². The highest BCUT2D eigenvalue weighted by molar-refractivity contribution is 9.10. The van der Waals surface area contributed by atoms with Gasteiger partial charge in [0.25, 0.3) is 0 Å². The molecule has 0 atom stereocenters. The maximum Gasteiger partial charge on any atom is 0.345 e. The largest absolute Gasteiger partial charge is 0.420 e. The standard InChI is InChI=1S/C11H10BrN3O2/c1-2-15-7-10(6-14-15)17-11(16)8-3-9(12)5-13-4-8/h3-7H,2H2,1H3. The second-order valence-corrected chi connectivity index (χ2v) is 4.23. The molecule has 0 fully saturated rings. The summed E-state index contributed by atoms with van der Waals surface area (Å²) < 4.78 is 7.57. The van der Waals surface area contributed by atoms with Crippen LogP contribution in [-0.4, -0.2) is 20.7 Å². The Morgan fingerprint density at radius 1 is 1.47 bits per heavy atom. The molecule has 0 aliphatic heterocycles. The van der Waals surface area contributed by atoms with Crippen LogP contribution in [0.25, 0.3) is 0 Å². The molecule has 0 aromatic carbocycles. The molecule has 0 saturated carbocycles. The number of carbonyl (C=O) groups excluding carboxylic acids is 1. The predicted octanol–water partition coefficient (Wildman–Crippen LogP) is 2.28. The SMILES string of the molecule is CCn1cc(OC(=O)c2cncc(Br)c2)cn1. The van der Waals surface area contributed by atoms with Gasteiger partial charge in [0.2, 0.25) is 0 Å². The Kier molecular flexibility index (Phi) is 3.53. The molecule has 0 N–H and O–H groups in total. The van der Waals surface area contributed by atoms with Crippen molar-refractivity contribution < 1.29 is 9.53 Å². The third-order valence-corrected chi connectivity index (χ3v) is 2.52. The molecule has 0 bridgehead atoms. The lowest BCUT2D eigenvalue weighted by Crippen LogP contribution is -2.08. The molecule has 2 aromatic heterocycles. The Morgan fingerprint density at radius 2 is 2.29 bits per heavy atom. The van der Waals surface area contributed by atoms with Gasteiger partial charge in [-0.05, 0) is 28.9 Å². The molecule has 88 valence electrons. The number of nitrogens with zero attached hydrogens (tertiary/aromatic N) is 3. The minimum Gasteiger partial charge on any atom is -0.420 e. The van der Waals surface area contributed by atoms with E-state index in [4.69, 9.17) is 4.74 Å². The highest BCUT2D eigenvalue weighted by Gasteiger charge is 2.10. The fourth-order valence-corrected chi connectivity index (χ4v) is 1.62. The number of carbonyl (C=O) groups is 1. The number of hydrogen-bond donors (Lipinski definition) is 0. The Balaban J connectivity index is 2.11. The van der Waals surface area contributed by atoms with Crippen molar-refractivity contribution in [3.05, 3.63) is 40.9 Å². The molecule has 0 aliphatic carbocycles. The molecular weight excluding hydrogens is 286 g/mol. The summed E-state index contributed by atoms with van der Waals surface area (Å²) in [4.78, 5) is 15.6. The van der Waals surface area contributed by atoms with Crippen LogP contribution in [0.1, 0.15) is 17.3 Å². The van der Waals surface area contributed by atoms with Gasteiger partial charge in [0.1, 0.15) is 0 Å². The van der Waals surface area contributed by atoms with Gasteiger partial charge in [0.05, 0.1) is 18.0 Å². The molecule has 2 heterocycles. The summed E-state index contributed by atoms with van der Waals surface area (Å²) in [5.41, 5.74) is 0.392. The molecule has 6 heteroatoms. The zero-order valence-electron chi connectivity index (χ0n) is 9.13. The van der Waals surface area contributed by atoms with Gasteiger partial charge in [-0.3, -0.25) is 9.67 Å². The number of pyridine rings is 1. The first-order chi connectivity index (χ1) is 8.19. The van der Waals surface area contributed by atoms with Crippen LogP contribution in [0.5, 0.6) is 5.75 Å². The molecule has 0 amide bonds. The number of esters is 1. The van der Waals surface area contributed by atoms with Gasteiger partial charge in [-0.2, -0.15) is 5.10 Å². The summed E-state index contributed by atoms with van der Waals surface area (Å²) in [6.07, 6.45) is 6.24. The van der Waals surface area contributed by atoms with Crippen LogP contribution in [-0.2, 0) is 6.54 Å². The van der Waals surface area contributed by atoms with Gasteiger partial charge in [-0.1, -0.05) is 0 Å². The first-order valence-electron chi connectivity index (χ1n) is 5.04. The van der Waals surface area contributed by atoms with Crippen LogP contribution in [0.2, 0.25) is 0 Å². The van der Waals surface area contributed by atoms with E-state index >= 15 is 0 Å². The van der Waals surface area contributed by atoms with E-state index in [1.165, 1.54) is 12.4 Å². The quantitative estimate of drug-likeness (QED) is 0.815. The maximum absolute atomic E-state index is 11.7. The highest BCUT2D eigenvalue weighted by atomic mass is 79.9. The van der Waals surface area contributed by atoms with Crippen LogP contribution in [0.4, 0.5) is 0 Å². The molecule has 0 saturated heterocycles.